The Kier molecular flexibility index (Phi) is 7.42. The SMILES string of the molecule is CCOc1c#cc(N2CCN(C(=O)[C@@H]3CCCCC3C(=O)NC3(CN)CC3)[C@H](C)C2)cc1OC. The summed E-state index contributed by atoms with van der Waals surface area (Å²) in [6.45, 7) is 6.98. The van der Waals surface area contributed by atoms with Crippen molar-refractivity contribution in [2.75, 3.05) is 44.8 Å². The molecule has 1 saturated heterocycles. The lowest BCUT2D eigenvalue weighted by molar-refractivity contribution is -0.146. The molecule has 0 radical (unpaired) electrons. The van der Waals surface area contributed by atoms with Crippen molar-refractivity contribution in [1.82, 2.24) is 10.2 Å². The number of hydrogen-bond donors (Lipinski definition) is 2. The van der Waals surface area contributed by atoms with Crippen LogP contribution in [0.1, 0.15) is 52.4 Å². The van der Waals surface area contributed by atoms with E-state index in [4.69, 9.17) is 15.2 Å². The number of carbonyl (C=O) groups is 2. The Balaban J connectivity index is 1.41. The van der Waals surface area contributed by atoms with Gasteiger partial charge in [0, 0.05) is 50.1 Å². The van der Waals surface area contributed by atoms with Crippen LogP contribution in [0.4, 0.5) is 5.69 Å². The van der Waals surface area contributed by atoms with Crippen LogP contribution in [-0.4, -0.2) is 68.2 Å². The van der Waals surface area contributed by atoms with Crippen molar-refractivity contribution in [1.29, 1.82) is 0 Å². The Hall–Kier alpha value is -2.66. The van der Waals surface area contributed by atoms with Gasteiger partial charge in [-0.1, -0.05) is 12.8 Å². The number of amides is 2. The Labute approximate surface area is 203 Å². The minimum atomic E-state index is -0.256. The predicted octanol–water partition coefficient (Wildman–Crippen LogP) is 2.15. The van der Waals surface area contributed by atoms with Crippen LogP contribution in [0.15, 0.2) is 6.07 Å². The average Bonchev–Trinajstić information content (AvgIpc) is 3.63. The van der Waals surface area contributed by atoms with E-state index < -0.39 is 0 Å². The number of nitrogens with zero attached hydrogens (tertiary/aromatic N) is 2. The van der Waals surface area contributed by atoms with Crippen molar-refractivity contribution in [3.05, 3.63) is 18.2 Å². The molecule has 1 unspecified atom stereocenters. The number of hydrogen-bond acceptors (Lipinski definition) is 6. The van der Waals surface area contributed by atoms with Crippen molar-refractivity contribution < 1.29 is 19.1 Å². The number of rotatable bonds is 8. The molecule has 34 heavy (non-hydrogen) atoms. The van der Waals surface area contributed by atoms with Crippen molar-refractivity contribution in [2.24, 2.45) is 17.6 Å². The Morgan fingerprint density at radius 3 is 2.56 bits per heavy atom. The summed E-state index contributed by atoms with van der Waals surface area (Å²) < 4.78 is 11.0. The van der Waals surface area contributed by atoms with Crippen molar-refractivity contribution in [3.63, 3.8) is 0 Å². The first-order valence-electron chi connectivity index (χ1n) is 12.6. The molecule has 0 spiro atoms. The fraction of sp³-hybridized carbons (Fsp3) is 0.692. The summed E-state index contributed by atoms with van der Waals surface area (Å²) in [5, 5.41) is 3.17. The molecule has 1 aliphatic heterocycles. The monoisotopic (exact) mass is 470 g/mol. The smallest absolute Gasteiger partial charge is 0.226 e. The van der Waals surface area contributed by atoms with Gasteiger partial charge in [-0.25, -0.2) is 0 Å². The second-order valence-electron chi connectivity index (χ2n) is 9.91. The molecule has 2 amide bonds. The van der Waals surface area contributed by atoms with E-state index in [1.165, 1.54) is 0 Å². The Morgan fingerprint density at radius 1 is 1.21 bits per heavy atom. The third-order valence-corrected chi connectivity index (χ3v) is 7.61. The number of carbonyl (C=O) groups excluding carboxylic acids is 2. The van der Waals surface area contributed by atoms with Crippen LogP contribution in [0.2, 0.25) is 0 Å². The largest absolute Gasteiger partial charge is 0.492 e. The molecule has 1 aromatic carbocycles. The third-order valence-electron chi connectivity index (χ3n) is 7.61. The van der Waals surface area contributed by atoms with Gasteiger partial charge in [-0.15, -0.1) is 0 Å². The zero-order valence-corrected chi connectivity index (χ0v) is 20.7. The van der Waals surface area contributed by atoms with Crippen LogP contribution < -0.4 is 25.4 Å². The summed E-state index contributed by atoms with van der Waals surface area (Å²) >= 11 is 0. The number of methoxy groups -OCH3 is 1. The molecule has 3 atom stereocenters. The van der Waals surface area contributed by atoms with Gasteiger partial charge in [0.1, 0.15) is 0 Å². The van der Waals surface area contributed by atoms with Gasteiger partial charge in [-0.2, -0.15) is 0 Å². The number of anilines is 1. The van der Waals surface area contributed by atoms with E-state index in [2.05, 4.69) is 29.3 Å². The van der Waals surface area contributed by atoms with E-state index in [-0.39, 0.29) is 35.2 Å². The molecule has 1 aromatic rings. The zero-order chi connectivity index (χ0) is 24.3. The van der Waals surface area contributed by atoms with Gasteiger partial charge in [-0.3, -0.25) is 9.59 Å². The average molecular weight is 471 g/mol. The highest BCUT2D eigenvalue weighted by Crippen LogP contribution is 2.38. The number of piperazine rings is 1. The molecule has 186 valence electrons. The number of nitrogens with one attached hydrogen (secondary N) is 1. The van der Waals surface area contributed by atoms with E-state index in [0.29, 0.717) is 44.3 Å². The maximum atomic E-state index is 13.6. The zero-order valence-electron chi connectivity index (χ0n) is 20.7. The van der Waals surface area contributed by atoms with Gasteiger partial charge in [-0.05, 0) is 51.7 Å². The summed E-state index contributed by atoms with van der Waals surface area (Å²) in [5.41, 5.74) is 6.52. The molecule has 1 heterocycles. The molecule has 2 aliphatic carbocycles. The normalized spacial score (nSPS) is 25.8. The Bertz CT molecular complexity index is 888. The maximum absolute atomic E-state index is 13.6. The summed E-state index contributed by atoms with van der Waals surface area (Å²) in [5.74, 6) is 0.808. The fourth-order valence-electron chi connectivity index (χ4n) is 5.32. The molecule has 2 saturated carbocycles. The van der Waals surface area contributed by atoms with Crippen LogP contribution in [0, 0.1) is 24.0 Å². The van der Waals surface area contributed by atoms with E-state index in [9.17, 15) is 9.59 Å². The molecule has 3 aliphatic rings. The highest BCUT2D eigenvalue weighted by Gasteiger charge is 2.46. The van der Waals surface area contributed by atoms with Crippen LogP contribution >= 0.6 is 0 Å². The van der Waals surface area contributed by atoms with Crippen LogP contribution in [0.25, 0.3) is 0 Å². The topological polar surface area (TPSA) is 97.1 Å². The fourth-order valence-corrected chi connectivity index (χ4v) is 5.32. The number of ether oxygens (including phenoxy) is 2. The van der Waals surface area contributed by atoms with Crippen LogP contribution in [0.5, 0.6) is 11.5 Å². The molecule has 8 nitrogen and oxygen atoms in total. The van der Waals surface area contributed by atoms with E-state index in [1.807, 2.05) is 17.9 Å². The lowest BCUT2D eigenvalue weighted by Gasteiger charge is -2.43. The van der Waals surface area contributed by atoms with Gasteiger partial charge < -0.3 is 30.3 Å². The predicted molar refractivity (Wildman–Crippen MR) is 130 cm³/mol. The van der Waals surface area contributed by atoms with Crippen molar-refractivity contribution in [3.8, 4) is 11.5 Å². The molecule has 0 aromatic heterocycles. The maximum Gasteiger partial charge on any atom is 0.226 e. The standard InChI is InChI=1S/C26H38N4O4/c1-4-34-22-10-9-19(15-23(22)33-3)29-13-14-30(18(2)16-29)25(32)21-8-6-5-7-20(21)24(31)28-26(17-27)11-12-26/h15,18,20-21H,4-8,11-14,16-17,27H2,1-3H3,(H,28,31)/t18-,20?,21-/m1/s1. The molecular weight excluding hydrogens is 432 g/mol. The van der Waals surface area contributed by atoms with Gasteiger partial charge in [0.25, 0.3) is 0 Å². The lowest BCUT2D eigenvalue weighted by atomic mass is 9.77. The van der Waals surface area contributed by atoms with E-state index >= 15 is 0 Å². The first-order valence-corrected chi connectivity index (χ1v) is 12.6. The second kappa shape index (κ2) is 10.3. The number of nitrogens with two attached hydrogens (primary N) is 1. The van der Waals surface area contributed by atoms with E-state index in [1.54, 1.807) is 7.11 Å². The summed E-state index contributed by atoms with van der Waals surface area (Å²) in [6, 6.07) is 8.17. The molecule has 3 fully saturated rings. The highest BCUT2D eigenvalue weighted by atomic mass is 16.5. The first kappa shape index (κ1) is 24.5. The van der Waals surface area contributed by atoms with Gasteiger partial charge >= 0.3 is 0 Å². The third kappa shape index (κ3) is 5.05. The summed E-state index contributed by atoms with van der Waals surface area (Å²) in [6.07, 6.45) is 5.40. The van der Waals surface area contributed by atoms with E-state index in [0.717, 1.165) is 44.2 Å². The van der Waals surface area contributed by atoms with Crippen LogP contribution in [-0.2, 0) is 9.59 Å². The molecule has 0 bridgehead atoms. The lowest BCUT2D eigenvalue weighted by Crippen LogP contribution is -2.57. The minimum absolute atomic E-state index is 0.0129. The van der Waals surface area contributed by atoms with Gasteiger partial charge in [0.15, 0.2) is 5.75 Å². The minimum Gasteiger partial charge on any atom is -0.492 e. The van der Waals surface area contributed by atoms with Crippen LogP contribution in [0.3, 0.4) is 0 Å². The van der Waals surface area contributed by atoms with Crippen molar-refractivity contribution in [2.45, 2.75) is 64.0 Å². The molecule has 3 N–H and O–H groups in total. The highest BCUT2D eigenvalue weighted by molar-refractivity contribution is 5.88. The van der Waals surface area contributed by atoms with Gasteiger partial charge in [0.2, 0.25) is 17.6 Å². The molecule has 4 rings (SSSR count). The van der Waals surface area contributed by atoms with Gasteiger partial charge in [0.05, 0.1) is 24.9 Å². The quantitative estimate of drug-likeness (QED) is 0.604. The van der Waals surface area contributed by atoms with Crippen molar-refractivity contribution >= 4 is 17.5 Å². The second-order valence-corrected chi connectivity index (χ2v) is 9.91. The first-order chi connectivity index (χ1) is 16.4. The molecular formula is C26H38N4O4. The Morgan fingerprint density at radius 2 is 1.94 bits per heavy atom. The summed E-state index contributed by atoms with van der Waals surface area (Å²) in [7, 11) is 1.62. The summed E-state index contributed by atoms with van der Waals surface area (Å²) in [4.78, 5) is 30.9. The molecule has 8 heteroatoms.